The Bertz CT molecular complexity index is 864. The van der Waals surface area contributed by atoms with Crippen molar-refractivity contribution in [2.24, 2.45) is 0 Å². The van der Waals surface area contributed by atoms with Crippen LogP contribution in [0.15, 0.2) is 48.9 Å². The van der Waals surface area contributed by atoms with E-state index in [1.807, 2.05) is 18.5 Å². The Hall–Kier alpha value is -1.47. The number of benzene rings is 1. The van der Waals surface area contributed by atoms with Gasteiger partial charge in [-0.15, -0.1) is 17.7 Å². The molecule has 1 aromatic carbocycles. The number of hydrogen-bond donors (Lipinski definition) is 0. The van der Waals surface area contributed by atoms with E-state index < -0.39 is 0 Å². The predicted molar refractivity (Wildman–Crippen MR) is 102 cm³/mol. The summed E-state index contributed by atoms with van der Waals surface area (Å²) in [6.45, 7) is 5.53. The van der Waals surface area contributed by atoms with Crippen LogP contribution in [-0.2, 0) is 44.0 Å². The number of aromatic nitrogens is 3. The van der Waals surface area contributed by atoms with E-state index in [0.717, 1.165) is 68.3 Å². The van der Waals surface area contributed by atoms with Gasteiger partial charge in [-0.3, -0.25) is 4.90 Å². The van der Waals surface area contributed by atoms with Crippen molar-refractivity contribution >= 4 is 0 Å². The Labute approximate surface area is 189 Å². The molecule has 4 rings (SSSR count). The molecule has 0 atom stereocenters. The number of imidazole rings is 1. The Balaban J connectivity index is 0.00000225. The third-order valence-corrected chi connectivity index (χ3v) is 4.83. The third-order valence-electron chi connectivity index (χ3n) is 4.83. The summed E-state index contributed by atoms with van der Waals surface area (Å²) in [4.78, 5) is 11.1. The average molecular weight is 454 g/mol. The summed E-state index contributed by atoms with van der Waals surface area (Å²) < 4.78 is 20.9. The van der Waals surface area contributed by atoms with E-state index in [1.165, 1.54) is 12.1 Å². The summed E-state index contributed by atoms with van der Waals surface area (Å²) in [7, 11) is 0. The van der Waals surface area contributed by atoms with Crippen LogP contribution in [0.1, 0.15) is 6.42 Å². The third kappa shape index (κ3) is 5.12. The number of ether oxygens (including phenoxy) is 1. The molecule has 1 saturated heterocycles. The summed E-state index contributed by atoms with van der Waals surface area (Å²) in [5.41, 5.74) is 3.77. The van der Waals surface area contributed by atoms with Gasteiger partial charge in [0, 0.05) is 70.1 Å². The van der Waals surface area contributed by atoms with Crippen LogP contribution in [0, 0.1) is 12.0 Å². The van der Waals surface area contributed by atoms with Gasteiger partial charge < -0.3 is 14.3 Å². The molecule has 3 aromatic rings. The molecule has 1 fully saturated rings. The first-order chi connectivity index (χ1) is 13.3. The Morgan fingerprint density at radius 3 is 2.54 bits per heavy atom. The summed E-state index contributed by atoms with van der Waals surface area (Å²) in [5, 5.41) is 0. The quantitative estimate of drug-likeness (QED) is 0.537. The second-order valence-corrected chi connectivity index (χ2v) is 6.62. The first kappa shape index (κ1) is 21.2. The summed E-state index contributed by atoms with van der Waals surface area (Å²) in [6.07, 6.45) is 7.53. The van der Waals surface area contributed by atoms with Crippen molar-refractivity contribution < 1.29 is 41.8 Å². The number of hydrogen-bond acceptors (Lipinski definition) is 4. The smallest absolute Gasteiger partial charge is 0.123 e. The molecule has 28 heavy (non-hydrogen) atoms. The number of rotatable bonds is 6. The maximum Gasteiger partial charge on any atom is 0.123 e. The van der Waals surface area contributed by atoms with Crippen molar-refractivity contribution in [2.45, 2.75) is 13.0 Å². The maximum absolute atomic E-state index is 13.3. The van der Waals surface area contributed by atoms with Gasteiger partial charge >= 0.3 is 0 Å². The monoisotopic (exact) mass is 454 g/mol. The molecule has 0 N–H and O–H groups in total. The van der Waals surface area contributed by atoms with Gasteiger partial charge in [-0.2, -0.15) is 0 Å². The molecule has 1 radical (unpaired) electrons. The van der Waals surface area contributed by atoms with Crippen molar-refractivity contribution in [1.29, 1.82) is 0 Å². The summed E-state index contributed by atoms with van der Waals surface area (Å²) >= 11 is 0. The molecule has 0 unspecified atom stereocenters. The van der Waals surface area contributed by atoms with Gasteiger partial charge in [0.1, 0.15) is 5.82 Å². The summed E-state index contributed by atoms with van der Waals surface area (Å²) in [5.74, 6) is -0.248. The van der Waals surface area contributed by atoms with Crippen LogP contribution in [0.25, 0.3) is 22.5 Å². The number of nitrogens with zero attached hydrogens (tertiary/aromatic N) is 4. The van der Waals surface area contributed by atoms with Crippen LogP contribution in [0.3, 0.4) is 0 Å². The molecular weight excluding hydrogens is 432 g/mol. The fourth-order valence-corrected chi connectivity index (χ4v) is 3.43. The van der Waals surface area contributed by atoms with Crippen molar-refractivity contribution in [3.63, 3.8) is 0 Å². The van der Waals surface area contributed by atoms with Crippen LogP contribution >= 0.6 is 0 Å². The normalized spacial score (nSPS) is 14.6. The molecule has 143 valence electrons. The van der Waals surface area contributed by atoms with Crippen LogP contribution in [-0.4, -0.2) is 52.3 Å². The largest absolute Gasteiger partial charge is 0.394 e. The molecule has 2 aromatic heterocycles. The molecule has 3 heterocycles. The van der Waals surface area contributed by atoms with E-state index in [2.05, 4.69) is 25.6 Å². The van der Waals surface area contributed by atoms with Crippen molar-refractivity contribution in [3.8, 4) is 22.5 Å². The van der Waals surface area contributed by atoms with Gasteiger partial charge in [0.2, 0.25) is 0 Å². The Morgan fingerprint density at radius 1 is 1.04 bits per heavy atom. The minimum Gasteiger partial charge on any atom is -0.394 e. The zero-order chi connectivity index (χ0) is 18.5. The zero-order valence-electron chi connectivity index (χ0n) is 15.7. The van der Waals surface area contributed by atoms with Crippen molar-refractivity contribution in [3.05, 3.63) is 60.9 Å². The maximum atomic E-state index is 13.3. The van der Waals surface area contributed by atoms with Gasteiger partial charge in [0.15, 0.2) is 0 Å². The first-order valence-corrected chi connectivity index (χ1v) is 9.25. The minimum absolute atomic E-state index is 0. The molecular formula is C21H22FN4OY-. The minimum atomic E-state index is -0.248. The molecule has 0 saturated carbocycles. The van der Waals surface area contributed by atoms with Crippen LogP contribution in [0.2, 0.25) is 0 Å². The molecule has 1 aliphatic heterocycles. The van der Waals surface area contributed by atoms with E-state index >= 15 is 0 Å². The van der Waals surface area contributed by atoms with Crippen LogP contribution in [0.4, 0.5) is 4.39 Å². The molecule has 0 spiro atoms. The zero-order valence-corrected chi connectivity index (χ0v) is 18.6. The van der Waals surface area contributed by atoms with Gasteiger partial charge in [-0.25, -0.2) is 9.37 Å². The van der Waals surface area contributed by atoms with E-state index in [1.54, 1.807) is 18.3 Å². The number of halogens is 1. The number of morpholine rings is 1. The molecule has 5 nitrogen and oxygen atoms in total. The second-order valence-electron chi connectivity index (χ2n) is 6.62. The molecule has 1 aliphatic rings. The van der Waals surface area contributed by atoms with Crippen molar-refractivity contribution in [2.75, 3.05) is 32.8 Å². The summed E-state index contributed by atoms with van der Waals surface area (Å²) in [6, 6.07) is 10.3. The van der Waals surface area contributed by atoms with Gasteiger partial charge in [-0.05, 0) is 30.7 Å². The van der Waals surface area contributed by atoms with Crippen molar-refractivity contribution in [1.82, 2.24) is 19.4 Å². The second kappa shape index (κ2) is 10.4. The fourth-order valence-electron chi connectivity index (χ4n) is 3.43. The SMILES string of the molecule is Fc1ccc(-c2ncn(CCCN3CCOCC3)c2-c2c[c-]ncc2)cc1.[Y]. The molecule has 0 aliphatic carbocycles. The predicted octanol–water partition coefficient (Wildman–Crippen LogP) is 3.27. The van der Waals surface area contributed by atoms with Gasteiger partial charge in [-0.1, -0.05) is 12.4 Å². The van der Waals surface area contributed by atoms with E-state index in [4.69, 9.17) is 4.74 Å². The Morgan fingerprint density at radius 2 is 1.82 bits per heavy atom. The van der Waals surface area contributed by atoms with Crippen LogP contribution < -0.4 is 0 Å². The number of aryl methyl sites for hydroxylation is 1. The van der Waals surface area contributed by atoms with Crippen LogP contribution in [0.5, 0.6) is 0 Å². The average Bonchev–Trinajstić information content (AvgIpc) is 3.14. The topological polar surface area (TPSA) is 43.2 Å². The standard InChI is InChI=1S/C21H22FN4O.Y/c22-19-4-2-17(3-5-19)20-21(18-6-8-23-9-7-18)26(16-24-20)11-1-10-25-12-14-27-15-13-25;/h2-8,16H,1,10-15H2;/q-1;. The van der Waals surface area contributed by atoms with Gasteiger partial charge in [0.25, 0.3) is 0 Å². The first-order valence-electron chi connectivity index (χ1n) is 9.25. The van der Waals surface area contributed by atoms with E-state index in [0.29, 0.717) is 0 Å². The number of pyridine rings is 1. The fraction of sp³-hybridized carbons (Fsp3) is 0.333. The van der Waals surface area contributed by atoms with E-state index in [-0.39, 0.29) is 38.5 Å². The molecule has 0 bridgehead atoms. The molecule has 7 heteroatoms. The Kier molecular flexibility index (Phi) is 7.85. The van der Waals surface area contributed by atoms with E-state index in [9.17, 15) is 4.39 Å². The van der Waals surface area contributed by atoms with Gasteiger partial charge in [0.05, 0.1) is 25.2 Å². The molecule has 0 amide bonds.